The Kier molecular flexibility index (Phi) is 6.54. The lowest BCUT2D eigenvalue weighted by atomic mass is 10.1. The molecule has 80 valence electrons. The third-order valence-electron chi connectivity index (χ3n) is 1.83. The molecule has 0 unspecified atom stereocenters. The van der Waals surface area contributed by atoms with E-state index in [4.69, 9.17) is 23.2 Å². The largest absolute Gasteiger partial charge is 0.309 e. The van der Waals surface area contributed by atoms with Crippen LogP contribution in [-0.4, -0.2) is 25.5 Å². The molecule has 1 rings (SSSR count). The van der Waals surface area contributed by atoms with Gasteiger partial charge in [-0.1, -0.05) is 29.3 Å². The zero-order chi connectivity index (χ0) is 9.84. The predicted molar refractivity (Wildman–Crippen MR) is 66.0 cm³/mol. The van der Waals surface area contributed by atoms with Gasteiger partial charge in [0.2, 0.25) is 0 Å². The number of halogens is 3. The van der Waals surface area contributed by atoms with Crippen molar-refractivity contribution in [2.24, 2.45) is 0 Å². The van der Waals surface area contributed by atoms with Gasteiger partial charge in [0, 0.05) is 6.54 Å². The molecule has 14 heavy (non-hydrogen) atoms. The van der Waals surface area contributed by atoms with Crippen molar-refractivity contribution >= 4 is 35.6 Å². The standard InChI is InChI=1S/C10H13Cl2N.ClH/c1-13(2)6-5-8-3-4-9(11)10(12)7-8;/h3-4,7H,5-6H2,1-2H3;1H. The molecule has 0 radical (unpaired) electrons. The third-order valence-corrected chi connectivity index (χ3v) is 2.57. The van der Waals surface area contributed by atoms with Crippen LogP contribution in [-0.2, 0) is 6.42 Å². The zero-order valence-corrected chi connectivity index (χ0v) is 10.6. The van der Waals surface area contributed by atoms with Gasteiger partial charge in [0.15, 0.2) is 0 Å². The smallest absolute Gasteiger partial charge is 0.0595 e. The van der Waals surface area contributed by atoms with Crippen molar-refractivity contribution in [3.05, 3.63) is 33.8 Å². The fourth-order valence-electron chi connectivity index (χ4n) is 1.05. The van der Waals surface area contributed by atoms with E-state index >= 15 is 0 Å². The minimum absolute atomic E-state index is 0. The van der Waals surface area contributed by atoms with Crippen LogP contribution in [0.1, 0.15) is 5.56 Å². The maximum absolute atomic E-state index is 5.88. The summed E-state index contributed by atoms with van der Waals surface area (Å²) in [4.78, 5) is 2.14. The molecule has 0 N–H and O–H groups in total. The van der Waals surface area contributed by atoms with Crippen molar-refractivity contribution in [1.29, 1.82) is 0 Å². The van der Waals surface area contributed by atoms with Gasteiger partial charge < -0.3 is 4.90 Å². The highest BCUT2D eigenvalue weighted by molar-refractivity contribution is 6.42. The summed E-state index contributed by atoms with van der Waals surface area (Å²) >= 11 is 11.7. The first-order valence-electron chi connectivity index (χ1n) is 4.18. The summed E-state index contributed by atoms with van der Waals surface area (Å²) in [6, 6.07) is 5.78. The Bertz CT molecular complexity index is 287. The van der Waals surface area contributed by atoms with Gasteiger partial charge in [0.25, 0.3) is 0 Å². The van der Waals surface area contributed by atoms with Crippen LogP contribution in [0.15, 0.2) is 18.2 Å². The molecule has 4 heteroatoms. The minimum Gasteiger partial charge on any atom is -0.309 e. The fourth-order valence-corrected chi connectivity index (χ4v) is 1.37. The van der Waals surface area contributed by atoms with E-state index < -0.39 is 0 Å². The Labute approximate surface area is 101 Å². The van der Waals surface area contributed by atoms with Crippen LogP contribution in [0.3, 0.4) is 0 Å². The second-order valence-corrected chi connectivity index (χ2v) is 4.12. The van der Waals surface area contributed by atoms with Gasteiger partial charge >= 0.3 is 0 Å². The highest BCUT2D eigenvalue weighted by Gasteiger charge is 1.99. The minimum atomic E-state index is 0. The fraction of sp³-hybridized carbons (Fsp3) is 0.400. The zero-order valence-electron chi connectivity index (χ0n) is 8.26. The normalized spacial score (nSPS) is 10.1. The summed E-state index contributed by atoms with van der Waals surface area (Å²) in [5, 5.41) is 1.26. The summed E-state index contributed by atoms with van der Waals surface area (Å²) in [5.74, 6) is 0. The molecule has 0 aliphatic carbocycles. The van der Waals surface area contributed by atoms with Gasteiger partial charge in [0.05, 0.1) is 10.0 Å². The van der Waals surface area contributed by atoms with Crippen molar-refractivity contribution in [3.8, 4) is 0 Å². The van der Waals surface area contributed by atoms with E-state index in [1.54, 1.807) is 0 Å². The molecular weight excluding hydrogens is 240 g/mol. The maximum atomic E-state index is 5.88. The highest BCUT2D eigenvalue weighted by atomic mass is 35.5. The molecular formula is C10H14Cl3N. The van der Waals surface area contributed by atoms with Crippen LogP contribution in [0.5, 0.6) is 0 Å². The van der Waals surface area contributed by atoms with Gasteiger partial charge in [0.1, 0.15) is 0 Å². The van der Waals surface area contributed by atoms with Crippen LogP contribution in [0, 0.1) is 0 Å². The van der Waals surface area contributed by atoms with E-state index in [1.165, 1.54) is 5.56 Å². The molecule has 0 atom stereocenters. The number of likely N-dealkylation sites (N-methyl/N-ethyl adjacent to an activating group) is 1. The van der Waals surface area contributed by atoms with E-state index in [-0.39, 0.29) is 12.4 Å². The van der Waals surface area contributed by atoms with Crippen LogP contribution in [0.25, 0.3) is 0 Å². The molecule has 0 aromatic heterocycles. The molecule has 0 spiro atoms. The van der Waals surface area contributed by atoms with Crippen molar-refractivity contribution < 1.29 is 0 Å². The topological polar surface area (TPSA) is 3.24 Å². The summed E-state index contributed by atoms with van der Waals surface area (Å²) < 4.78 is 0. The summed E-state index contributed by atoms with van der Waals surface area (Å²) in [7, 11) is 4.11. The molecule has 0 fully saturated rings. The molecule has 0 saturated heterocycles. The number of rotatable bonds is 3. The van der Waals surface area contributed by atoms with Crippen molar-refractivity contribution in [2.45, 2.75) is 6.42 Å². The number of nitrogens with zero attached hydrogens (tertiary/aromatic N) is 1. The van der Waals surface area contributed by atoms with E-state index in [0.29, 0.717) is 10.0 Å². The lowest BCUT2D eigenvalue weighted by molar-refractivity contribution is 0.413. The number of hydrogen-bond donors (Lipinski definition) is 0. The Morgan fingerprint density at radius 2 is 1.79 bits per heavy atom. The molecule has 1 nitrogen and oxygen atoms in total. The van der Waals surface area contributed by atoms with Crippen LogP contribution >= 0.6 is 35.6 Å². The van der Waals surface area contributed by atoms with Crippen molar-refractivity contribution in [1.82, 2.24) is 4.90 Å². The lowest BCUT2D eigenvalue weighted by Gasteiger charge is -2.09. The van der Waals surface area contributed by atoms with Gasteiger partial charge in [-0.3, -0.25) is 0 Å². The molecule has 0 aliphatic heterocycles. The predicted octanol–water partition coefficient (Wildman–Crippen LogP) is 3.52. The molecule has 0 bridgehead atoms. The van der Waals surface area contributed by atoms with Crippen LogP contribution in [0.4, 0.5) is 0 Å². The quantitative estimate of drug-likeness (QED) is 0.798. The summed E-state index contributed by atoms with van der Waals surface area (Å²) in [5.41, 5.74) is 1.23. The molecule has 1 aromatic rings. The van der Waals surface area contributed by atoms with Gasteiger partial charge in [-0.05, 0) is 38.2 Å². The average Bonchev–Trinajstić information content (AvgIpc) is 2.07. The van der Waals surface area contributed by atoms with Crippen LogP contribution < -0.4 is 0 Å². The Morgan fingerprint density at radius 1 is 1.14 bits per heavy atom. The van der Waals surface area contributed by atoms with E-state index in [2.05, 4.69) is 19.0 Å². The van der Waals surface area contributed by atoms with E-state index in [1.807, 2.05) is 18.2 Å². The van der Waals surface area contributed by atoms with Gasteiger partial charge in [-0.25, -0.2) is 0 Å². The molecule has 1 aromatic carbocycles. The average molecular weight is 255 g/mol. The molecule has 0 amide bonds. The monoisotopic (exact) mass is 253 g/mol. The van der Waals surface area contributed by atoms with Gasteiger partial charge in [-0.15, -0.1) is 12.4 Å². The second kappa shape index (κ2) is 6.52. The van der Waals surface area contributed by atoms with Crippen molar-refractivity contribution in [3.63, 3.8) is 0 Å². The van der Waals surface area contributed by atoms with Crippen molar-refractivity contribution in [2.75, 3.05) is 20.6 Å². The van der Waals surface area contributed by atoms with E-state index in [0.717, 1.165) is 13.0 Å². The van der Waals surface area contributed by atoms with Gasteiger partial charge in [-0.2, -0.15) is 0 Å². The molecule has 0 saturated carbocycles. The Morgan fingerprint density at radius 3 is 2.29 bits per heavy atom. The van der Waals surface area contributed by atoms with E-state index in [9.17, 15) is 0 Å². The SMILES string of the molecule is CN(C)CCc1ccc(Cl)c(Cl)c1.Cl. The summed E-state index contributed by atoms with van der Waals surface area (Å²) in [6.45, 7) is 1.03. The van der Waals surface area contributed by atoms with Crippen LogP contribution in [0.2, 0.25) is 10.0 Å². The highest BCUT2D eigenvalue weighted by Crippen LogP contribution is 2.22. The number of hydrogen-bond acceptors (Lipinski definition) is 1. The Hall–Kier alpha value is 0.0500. The third kappa shape index (κ3) is 4.52. The second-order valence-electron chi connectivity index (χ2n) is 3.30. The molecule has 0 aliphatic rings. The number of benzene rings is 1. The first kappa shape index (κ1) is 14.1. The Balaban J connectivity index is 0.00000169. The first-order valence-corrected chi connectivity index (χ1v) is 4.94. The summed E-state index contributed by atoms with van der Waals surface area (Å²) in [6.07, 6.45) is 1.00. The first-order chi connectivity index (χ1) is 6.09. The lowest BCUT2D eigenvalue weighted by Crippen LogP contribution is -2.14. The maximum Gasteiger partial charge on any atom is 0.0595 e. The molecule has 0 heterocycles.